The van der Waals surface area contributed by atoms with Crippen LogP contribution in [0.4, 0.5) is 0 Å². The van der Waals surface area contributed by atoms with Crippen molar-refractivity contribution in [3.63, 3.8) is 0 Å². The monoisotopic (exact) mass is 207 g/mol. The molecule has 1 rings (SSSR count). The van der Waals surface area contributed by atoms with E-state index in [1.54, 1.807) is 7.11 Å². The highest BCUT2D eigenvalue weighted by Gasteiger charge is 2.08. The molecule has 0 aliphatic heterocycles. The Hall–Kier alpha value is -0.860. The standard InChI is InChI=1S/C13H21NO/c1-3-14-10-13(11-15-2)9-12-7-5-4-6-8-12/h4-8,13-14H,3,9-11H2,1-2H3. The molecule has 0 saturated carbocycles. The third-order valence-electron chi connectivity index (χ3n) is 2.45. The predicted octanol–water partition coefficient (Wildman–Crippen LogP) is 2.10. The average Bonchev–Trinajstić information content (AvgIpc) is 2.28. The summed E-state index contributed by atoms with van der Waals surface area (Å²) in [6.45, 7) is 5.00. The fourth-order valence-electron chi connectivity index (χ4n) is 1.72. The van der Waals surface area contributed by atoms with Gasteiger partial charge in [0.1, 0.15) is 0 Å². The van der Waals surface area contributed by atoms with Gasteiger partial charge >= 0.3 is 0 Å². The molecule has 1 N–H and O–H groups in total. The van der Waals surface area contributed by atoms with Crippen LogP contribution in [0, 0.1) is 5.92 Å². The summed E-state index contributed by atoms with van der Waals surface area (Å²) in [6.07, 6.45) is 1.08. The van der Waals surface area contributed by atoms with Crippen molar-refractivity contribution in [2.45, 2.75) is 13.3 Å². The van der Waals surface area contributed by atoms with Gasteiger partial charge in [0.05, 0.1) is 6.61 Å². The summed E-state index contributed by atoms with van der Waals surface area (Å²) in [4.78, 5) is 0. The first-order valence-electron chi connectivity index (χ1n) is 5.60. The maximum atomic E-state index is 5.23. The van der Waals surface area contributed by atoms with Crippen molar-refractivity contribution in [1.29, 1.82) is 0 Å². The van der Waals surface area contributed by atoms with Crippen LogP contribution >= 0.6 is 0 Å². The van der Waals surface area contributed by atoms with Crippen LogP contribution in [0.2, 0.25) is 0 Å². The Labute approximate surface area is 92.6 Å². The minimum absolute atomic E-state index is 0.567. The van der Waals surface area contributed by atoms with Crippen LogP contribution in [0.5, 0.6) is 0 Å². The molecule has 2 heteroatoms. The number of benzene rings is 1. The smallest absolute Gasteiger partial charge is 0.0505 e. The van der Waals surface area contributed by atoms with E-state index in [0.29, 0.717) is 5.92 Å². The number of ether oxygens (including phenoxy) is 1. The van der Waals surface area contributed by atoms with E-state index in [0.717, 1.165) is 26.1 Å². The van der Waals surface area contributed by atoms with Crippen molar-refractivity contribution in [3.8, 4) is 0 Å². The van der Waals surface area contributed by atoms with Gasteiger partial charge in [-0.1, -0.05) is 37.3 Å². The van der Waals surface area contributed by atoms with Gasteiger partial charge in [-0.05, 0) is 24.4 Å². The Morgan fingerprint density at radius 1 is 1.27 bits per heavy atom. The molecular formula is C13H21NO. The van der Waals surface area contributed by atoms with Crippen molar-refractivity contribution in [2.75, 3.05) is 26.8 Å². The van der Waals surface area contributed by atoms with E-state index in [9.17, 15) is 0 Å². The fourth-order valence-corrected chi connectivity index (χ4v) is 1.72. The topological polar surface area (TPSA) is 21.3 Å². The van der Waals surface area contributed by atoms with E-state index < -0.39 is 0 Å². The lowest BCUT2D eigenvalue weighted by molar-refractivity contribution is 0.151. The molecule has 84 valence electrons. The molecule has 0 bridgehead atoms. The van der Waals surface area contributed by atoms with Crippen molar-refractivity contribution < 1.29 is 4.74 Å². The fraction of sp³-hybridized carbons (Fsp3) is 0.538. The minimum Gasteiger partial charge on any atom is -0.384 e. The molecule has 0 heterocycles. The van der Waals surface area contributed by atoms with Gasteiger partial charge in [0.25, 0.3) is 0 Å². The van der Waals surface area contributed by atoms with Gasteiger partial charge in [0.2, 0.25) is 0 Å². The zero-order valence-electron chi connectivity index (χ0n) is 9.70. The molecule has 0 radical (unpaired) electrons. The molecule has 2 nitrogen and oxygen atoms in total. The largest absolute Gasteiger partial charge is 0.384 e. The number of hydrogen-bond acceptors (Lipinski definition) is 2. The molecular weight excluding hydrogens is 186 g/mol. The molecule has 0 amide bonds. The molecule has 0 saturated heterocycles. The highest BCUT2D eigenvalue weighted by molar-refractivity contribution is 5.15. The van der Waals surface area contributed by atoms with Crippen molar-refractivity contribution >= 4 is 0 Å². The Morgan fingerprint density at radius 2 is 2.00 bits per heavy atom. The third kappa shape index (κ3) is 4.96. The van der Waals surface area contributed by atoms with Gasteiger partial charge in [-0.25, -0.2) is 0 Å². The van der Waals surface area contributed by atoms with Crippen LogP contribution in [0.15, 0.2) is 30.3 Å². The quantitative estimate of drug-likeness (QED) is 0.739. The first-order chi connectivity index (χ1) is 7.36. The SMILES string of the molecule is CCNCC(COC)Cc1ccccc1. The zero-order chi connectivity index (χ0) is 10.9. The zero-order valence-corrected chi connectivity index (χ0v) is 9.70. The number of methoxy groups -OCH3 is 1. The van der Waals surface area contributed by atoms with E-state index >= 15 is 0 Å². The average molecular weight is 207 g/mol. The first kappa shape index (κ1) is 12.2. The molecule has 1 atom stereocenters. The highest BCUT2D eigenvalue weighted by Crippen LogP contribution is 2.08. The summed E-state index contributed by atoms with van der Waals surface area (Å²) >= 11 is 0. The van der Waals surface area contributed by atoms with E-state index in [-0.39, 0.29) is 0 Å². The molecule has 0 aliphatic carbocycles. The molecule has 0 spiro atoms. The lowest BCUT2D eigenvalue weighted by atomic mass is 10.00. The summed E-state index contributed by atoms with van der Waals surface area (Å²) in [5.41, 5.74) is 1.39. The number of nitrogens with one attached hydrogen (secondary N) is 1. The van der Waals surface area contributed by atoms with Gasteiger partial charge in [-0.15, -0.1) is 0 Å². The summed E-state index contributed by atoms with van der Waals surface area (Å²) in [5, 5.41) is 3.37. The molecule has 0 aliphatic rings. The molecule has 15 heavy (non-hydrogen) atoms. The molecule has 1 unspecified atom stereocenters. The Balaban J connectivity index is 2.43. The van der Waals surface area contributed by atoms with Crippen LogP contribution in [-0.4, -0.2) is 26.8 Å². The van der Waals surface area contributed by atoms with Crippen LogP contribution in [0.3, 0.4) is 0 Å². The van der Waals surface area contributed by atoms with Gasteiger partial charge < -0.3 is 10.1 Å². The van der Waals surface area contributed by atoms with Gasteiger partial charge in [-0.3, -0.25) is 0 Å². The summed E-state index contributed by atoms with van der Waals surface area (Å²) < 4.78 is 5.23. The second kappa shape index (κ2) is 7.43. The summed E-state index contributed by atoms with van der Waals surface area (Å²) in [7, 11) is 1.77. The molecule has 1 aromatic carbocycles. The van der Waals surface area contributed by atoms with E-state index in [2.05, 4.69) is 42.6 Å². The predicted molar refractivity (Wildman–Crippen MR) is 64.1 cm³/mol. The van der Waals surface area contributed by atoms with Gasteiger partial charge in [0, 0.05) is 13.7 Å². The Morgan fingerprint density at radius 3 is 2.60 bits per heavy atom. The van der Waals surface area contributed by atoms with E-state index in [4.69, 9.17) is 4.74 Å². The Kier molecular flexibility index (Phi) is 6.05. The first-order valence-corrected chi connectivity index (χ1v) is 5.60. The highest BCUT2D eigenvalue weighted by atomic mass is 16.5. The van der Waals surface area contributed by atoms with E-state index in [1.807, 2.05) is 0 Å². The number of rotatable bonds is 7. The summed E-state index contributed by atoms with van der Waals surface area (Å²) in [6, 6.07) is 10.6. The van der Waals surface area contributed by atoms with Crippen LogP contribution in [-0.2, 0) is 11.2 Å². The molecule has 1 aromatic rings. The van der Waals surface area contributed by atoms with Crippen LogP contribution < -0.4 is 5.32 Å². The third-order valence-corrected chi connectivity index (χ3v) is 2.45. The van der Waals surface area contributed by atoms with Gasteiger partial charge in [0.15, 0.2) is 0 Å². The second-order valence-electron chi connectivity index (χ2n) is 3.82. The van der Waals surface area contributed by atoms with Crippen molar-refractivity contribution in [1.82, 2.24) is 5.32 Å². The molecule has 0 aromatic heterocycles. The minimum atomic E-state index is 0.567. The number of hydrogen-bond donors (Lipinski definition) is 1. The summed E-state index contributed by atoms with van der Waals surface area (Å²) in [5.74, 6) is 0.567. The lowest BCUT2D eigenvalue weighted by Gasteiger charge is -2.16. The van der Waals surface area contributed by atoms with Crippen molar-refractivity contribution in [2.24, 2.45) is 5.92 Å². The maximum absolute atomic E-state index is 5.23. The molecule has 0 fully saturated rings. The van der Waals surface area contributed by atoms with Crippen molar-refractivity contribution in [3.05, 3.63) is 35.9 Å². The Bertz CT molecular complexity index is 248. The van der Waals surface area contributed by atoms with Crippen LogP contribution in [0.25, 0.3) is 0 Å². The van der Waals surface area contributed by atoms with Crippen LogP contribution in [0.1, 0.15) is 12.5 Å². The van der Waals surface area contributed by atoms with Gasteiger partial charge in [-0.2, -0.15) is 0 Å². The normalized spacial score (nSPS) is 12.7. The maximum Gasteiger partial charge on any atom is 0.0505 e. The second-order valence-corrected chi connectivity index (χ2v) is 3.82. The lowest BCUT2D eigenvalue weighted by Crippen LogP contribution is -2.27. The van der Waals surface area contributed by atoms with E-state index in [1.165, 1.54) is 5.56 Å².